The first-order valence-electron chi connectivity index (χ1n) is 6.71. The quantitative estimate of drug-likeness (QED) is 0.767. The number of methoxy groups -OCH3 is 1. The fraction of sp³-hybridized carbons (Fsp3) is 0.600. The first-order chi connectivity index (χ1) is 8.74. The number of hydrogen-bond donors (Lipinski definition) is 0. The maximum absolute atomic E-state index is 11.6. The van der Waals surface area contributed by atoms with Crippen molar-refractivity contribution in [3.63, 3.8) is 0 Å². The van der Waals surface area contributed by atoms with Crippen molar-refractivity contribution in [1.29, 1.82) is 0 Å². The highest BCUT2D eigenvalue weighted by molar-refractivity contribution is 5.70. The molecule has 1 fully saturated rings. The summed E-state index contributed by atoms with van der Waals surface area (Å²) < 4.78 is 4.86. The van der Waals surface area contributed by atoms with Gasteiger partial charge in [0, 0.05) is 11.9 Å². The van der Waals surface area contributed by atoms with Crippen LogP contribution in [-0.2, 0) is 16.0 Å². The lowest BCUT2D eigenvalue weighted by Crippen LogP contribution is -2.30. The average Bonchev–Trinajstić information content (AvgIpc) is 2.40. The number of nitrogens with zero attached hydrogens (tertiary/aromatic N) is 1. The highest BCUT2D eigenvalue weighted by Crippen LogP contribution is 2.42. The summed E-state index contributed by atoms with van der Waals surface area (Å²) in [6, 6.07) is 5.99. The van der Waals surface area contributed by atoms with Crippen LogP contribution in [0.4, 0.5) is 0 Å². The molecule has 3 heteroatoms. The Morgan fingerprint density at radius 3 is 2.72 bits per heavy atom. The van der Waals surface area contributed by atoms with Crippen molar-refractivity contribution < 1.29 is 9.53 Å². The highest BCUT2D eigenvalue weighted by atomic mass is 16.5. The van der Waals surface area contributed by atoms with Crippen molar-refractivity contribution in [2.75, 3.05) is 7.11 Å². The minimum Gasteiger partial charge on any atom is -0.469 e. The van der Waals surface area contributed by atoms with E-state index in [2.05, 4.69) is 4.98 Å². The van der Waals surface area contributed by atoms with Crippen LogP contribution >= 0.6 is 0 Å². The minimum absolute atomic E-state index is 0.0691. The van der Waals surface area contributed by atoms with Crippen LogP contribution in [0.1, 0.15) is 44.2 Å². The van der Waals surface area contributed by atoms with Gasteiger partial charge in [-0.2, -0.15) is 0 Å². The molecule has 0 atom stereocenters. The third-order valence-electron chi connectivity index (χ3n) is 3.94. The molecule has 1 heterocycles. The van der Waals surface area contributed by atoms with Gasteiger partial charge < -0.3 is 4.74 Å². The lowest BCUT2D eigenvalue weighted by molar-refractivity contribution is -0.144. The fourth-order valence-corrected chi connectivity index (χ4v) is 2.98. The normalized spacial score (nSPS) is 18.3. The average molecular weight is 247 g/mol. The molecular weight excluding hydrogens is 226 g/mol. The maximum atomic E-state index is 11.6. The van der Waals surface area contributed by atoms with E-state index in [0.717, 1.165) is 25.0 Å². The Balaban J connectivity index is 2.11. The molecule has 2 rings (SSSR count). The van der Waals surface area contributed by atoms with Crippen molar-refractivity contribution in [2.24, 2.45) is 5.41 Å². The van der Waals surface area contributed by atoms with Gasteiger partial charge in [-0.15, -0.1) is 0 Å². The predicted octanol–water partition coefficient (Wildman–Crippen LogP) is 3.14. The summed E-state index contributed by atoms with van der Waals surface area (Å²) in [5, 5.41) is 0. The molecule has 0 aliphatic heterocycles. The van der Waals surface area contributed by atoms with E-state index in [1.54, 1.807) is 0 Å². The number of ether oxygens (including phenoxy) is 1. The van der Waals surface area contributed by atoms with Crippen LogP contribution in [0.25, 0.3) is 0 Å². The molecule has 0 saturated heterocycles. The van der Waals surface area contributed by atoms with Crippen LogP contribution in [0.2, 0.25) is 0 Å². The summed E-state index contributed by atoms with van der Waals surface area (Å²) in [5.41, 5.74) is 1.16. The SMILES string of the molecule is COC(=O)CC1(Cc2ccccn2)CCCCC1. The number of pyridine rings is 1. The van der Waals surface area contributed by atoms with Gasteiger partial charge in [-0.3, -0.25) is 9.78 Å². The molecule has 1 aromatic rings. The Labute approximate surface area is 109 Å². The zero-order valence-electron chi connectivity index (χ0n) is 11.0. The molecule has 0 spiro atoms. The Hall–Kier alpha value is -1.38. The molecular formula is C15H21NO2. The number of carbonyl (C=O) groups is 1. The fourth-order valence-electron chi connectivity index (χ4n) is 2.98. The van der Waals surface area contributed by atoms with Crippen LogP contribution < -0.4 is 0 Å². The Morgan fingerprint density at radius 1 is 1.33 bits per heavy atom. The smallest absolute Gasteiger partial charge is 0.306 e. The zero-order valence-corrected chi connectivity index (χ0v) is 11.0. The van der Waals surface area contributed by atoms with Gasteiger partial charge in [0.2, 0.25) is 0 Å². The first-order valence-corrected chi connectivity index (χ1v) is 6.71. The molecule has 0 bridgehead atoms. The monoisotopic (exact) mass is 247 g/mol. The van der Waals surface area contributed by atoms with Gasteiger partial charge in [-0.25, -0.2) is 0 Å². The Morgan fingerprint density at radius 2 is 2.11 bits per heavy atom. The second kappa shape index (κ2) is 5.98. The van der Waals surface area contributed by atoms with E-state index in [4.69, 9.17) is 4.74 Å². The number of carbonyl (C=O) groups excluding carboxylic acids is 1. The van der Waals surface area contributed by atoms with Crippen LogP contribution in [-0.4, -0.2) is 18.1 Å². The van der Waals surface area contributed by atoms with Crippen molar-refractivity contribution in [1.82, 2.24) is 4.98 Å². The van der Waals surface area contributed by atoms with Crippen molar-refractivity contribution in [3.8, 4) is 0 Å². The molecule has 98 valence electrons. The number of hydrogen-bond acceptors (Lipinski definition) is 3. The molecule has 18 heavy (non-hydrogen) atoms. The second-order valence-corrected chi connectivity index (χ2v) is 5.31. The molecule has 0 N–H and O–H groups in total. The summed E-state index contributed by atoms with van der Waals surface area (Å²) >= 11 is 0. The van der Waals surface area contributed by atoms with Crippen molar-refractivity contribution in [3.05, 3.63) is 30.1 Å². The molecule has 0 radical (unpaired) electrons. The largest absolute Gasteiger partial charge is 0.469 e. The van der Waals surface area contributed by atoms with Crippen molar-refractivity contribution in [2.45, 2.75) is 44.9 Å². The summed E-state index contributed by atoms with van der Waals surface area (Å²) in [4.78, 5) is 16.0. The lowest BCUT2D eigenvalue weighted by Gasteiger charge is -2.36. The van der Waals surface area contributed by atoms with Gasteiger partial charge in [0.15, 0.2) is 0 Å². The van der Waals surface area contributed by atoms with Crippen LogP contribution in [0.5, 0.6) is 0 Å². The zero-order chi connectivity index (χ0) is 12.8. The maximum Gasteiger partial charge on any atom is 0.306 e. The van der Waals surface area contributed by atoms with Gasteiger partial charge in [0.05, 0.1) is 13.5 Å². The standard InChI is InChI=1S/C15H21NO2/c1-18-14(17)12-15(8-4-2-5-9-15)11-13-7-3-6-10-16-13/h3,6-7,10H,2,4-5,8-9,11-12H2,1H3. The van der Waals surface area contributed by atoms with E-state index in [1.165, 1.54) is 26.4 Å². The van der Waals surface area contributed by atoms with Gasteiger partial charge in [-0.1, -0.05) is 25.3 Å². The van der Waals surface area contributed by atoms with Crippen molar-refractivity contribution >= 4 is 5.97 Å². The van der Waals surface area contributed by atoms with Gasteiger partial charge in [0.25, 0.3) is 0 Å². The summed E-state index contributed by atoms with van der Waals surface area (Å²) in [7, 11) is 1.47. The summed E-state index contributed by atoms with van der Waals surface area (Å²) in [5.74, 6) is -0.0900. The van der Waals surface area contributed by atoms with Crippen LogP contribution in [0.15, 0.2) is 24.4 Å². The Kier molecular flexibility index (Phi) is 4.34. The molecule has 1 aliphatic rings. The lowest BCUT2D eigenvalue weighted by atomic mass is 9.69. The molecule has 0 aromatic carbocycles. The molecule has 0 amide bonds. The molecule has 1 saturated carbocycles. The topological polar surface area (TPSA) is 39.2 Å². The third kappa shape index (κ3) is 3.31. The van der Waals surface area contributed by atoms with Gasteiger partial charge >= 0.3 is 5.97 Å². The van der Waals surface area contributed by atoms with Gasteiger partial charge in [-0.05, 0) is 36.8 Å². The second-order valence-electron chi connectivity index (χ2n) is 5.31. The minimum atomic E-state index is -0.0900. The first kappa shape index (κ1) is 13.1. The number of aromatic nitrogens is 1. The summed E-state index contributed by atoms with van der Waals surface area (Å²) in [6.45, 7) is 0. The van der Waals surface area contributed by atoms with E-state index < -0.39 is 0 Å². The van der Waals surface area contributed by atoms with Gasteiger partial charge in [0.1, 0.15) is 0 Å². The highest BCUT2D eigenvalue weighted by Gasteiger charge is 2.35. The molecule has 1 aliphatic carbocycles. The number of rotatable bonds is 4. The van der Waals surface area contributed by atoms with E-state index in [-0.39, 0.29) is 11.4 Å². The van der Waals surface area contributed by atoms with E-state index >= 15 is 0 Å². The van der Waals surface area contributed by atoms with E-state index in [1.807, 2.05) is 24.4 Å². The number of esters is 1. The predicted molar refractivity (Wildman–Crippen MR) is 70.1 cm³/mol. The van der Waals surface area contributed by atoms with E-state index in [0.29, 0.717) is 6.42 Å². The Bertz CT molecular complexity index is 383. The summed E-state index contributed by atoms with van der Waals surface area (Å²) in [6.07, 6.45) is 9.17. The van der Waals surface area contributed by atoms with Crippen LogP contribution in [0.3, 0.4) is 0 Å². The van der Waals surface area contributed by atoms with E-state index in [9.17, 15) is 4.79 Å². The molecule has 0 unspecified atom stereocenters. The molecule has 3 nitrogen and oxygen atoms in total. The molecule has 1 aromatic heterocycles. The van der Waals surface area contributed by atoms with Crippen LogP contribution in [0, 0.1) is 5.41 Å². The third-order valence-corrected chi connectivity index (χ3v) is 3.94.